The maximum absolute atomic E-state index is 9.35. The first-order chi connectivity index (χ1) is 11.7. The molecule has 4 rings (SSSR count). The van der Waals surface area contributed by atoms with Crippen molar-refractivity contribution in [1.82, 2.24) is 0 Å². The van der Waals surface area contributed by atoms with Gasteiger partial charge in [-0.1, -0.05) is 24.3 Å². The van der Waals surface area contributed by atoms with Gasteiger partial charge in [0.15, 0.2) is 18.9 Å². The van der Waals surface area contributed by atoms with Crippen LogP contribution in [-0.2, 0) is 6.54 Å². The fourth-order valence-electron chi connectivity index (χ4n) is 3.15. The van der Waals surface area contributed by atoms with Gasteiger partial charge in [0.25, 0.3) is 0 Å². The first-order valence-corrected chi connectivity index (χ1v) is 7.89. The highest BCUT2D eigenvalue weighted by Gasteiger charge is 2.15. The fourth-order valence-corrected chi connectivity index (χ4v) is 3.15. The van der Waals surface area contributed by atoms with E-state index in [-0.39, 0.29) is 0 Å². The van der Waals surface area contributed by atoms with Crippen LogP contribution in [0, 0.1) is 0 Å². The average Bonchev–Trinajstić information content (AvgIpc) is 2.62. The number of nitrogens with zero attached hydrogens (tertiary/aromatic N) is 1. The minimum atomic E-state index is -1.44. The minimum absolute atomic E-state index is 0.508. The molecule has 24 heavy (non-hydrogen) atoms. The number of pyridine rings is 2. The molecule has 2 aromatic carbocycles. The van der Waals surface area contributed by atoms with Crippen molar-refractivity contribution in [3.05, 3.63) is 78.6 Å². The molecule has 5 heteroatoms. The summed E-state index contributed by atoms with van der Waals surface area (Å²) >= 11 is 0. The summed E-state index contributed by atoms with van der Waals surface area (Å²) in [5.41, 5.74) is 3.78. The Kier molecular flexibility index (Phi) is 3.73. The van der Waals surface area contributed by atoms with Crippen molar-refractivity contribution in [2.24, 2.45) is 0 Å². The zero-order valence-electron chi connectivity index (χ0n) is 13.1. The summed E-state index contributed by atoms with van der Waals surface area (Å²) in [4.78, 5) is 3.27. The Morgan fingerprint density at radius 2 is 1.79 bits per heavy atom. The lowest BCUT2D eigenvalue weighted by Gasteiger charge is -2.05. The van der Waals surface area contributed by atoms with E-state index in [0.717, 1.165) is 16.6 Å². The van der Waals surface area contributed by atoms with Crippen LogP contribution < -0.4 is 15.0 Å². The van der Waals surface area contributed by atoms with E-state index in [2.05, 4.69) is 33.8 Å². The highest BCUT2D eigenvalue weighted by Crippen LogP contribution is 2.20. The van der Waals surface area contributed by atoms with Gasteiger partial charge in [0, 0.05) is 29.8 Å². The van der Waals surface area contributed by atoms with E-state index < -0.39 is 7.12 Å². The lowest BCUT2D eigenvalue weighted by atomic mass is 9.79. The number of hydrogen-bond acceptors (Lipinski definition) is 2. The highest BCUT2D eigenvalue weighted by molar-refractivity contribution is 6.58. The summed E-state index contributed by atoms with van der Waals surface area (Å²) in [6.45, 7) is 0.667. The Bertz CT molecular complexity index is 1030. The van der Waals surface area contributed by atoms with Crippen molar-refractivity contribution >= 4 is 34.4 Å². The topological polar surface area (TPSA) is 58.5 Å². The van der Waals surface area contributed by atoms with E-state index in [4.69, 9.17) is 0 Å². The number of H-pyrrole nitrogens is 1. The normalized spacial score (nSPS) is 11.1. The molecule has 0 atom stereocenters. The van der Waals surface area contributed by atoms with Crippen LogP contribution in [-0.4, -0.2) is 17.2 Å². The molecular formula is C19H17BN2O2+2. The third-order valence-electron chi connectivity index (χ3n) is 4.30. The Labute approximate surface area is 139 Å². The molecule has 4 nitrogen and oxygen atoms in total. The average molecular weight is 316 g/mol. The summed E-state index contributed by atoms with van der Waals surface area (Å²) in [5.74, 6) is 0. The second-order valence-electron chi connectivity index (χ2n) is 5.88. The molecular weight excluding hydrogens is 299 g/mol. The van der Waals surface area contributed by atoms with Gasteiger partial charge in [-0.3, -0.25) is 0 Å². The van der Waals surface area contributed by atoms with Gasteiger partial charge < -0.3 is 10.0 Å². The molecule has 0 amide bonds. The molecule has 2 heterocycles. The molecule has 3 N–H and O–H groups in total. The maximum atomic E-state index is 9.35. The van der Waals surface area contributed by atoms with Crippen molar-refractivity contribution in [2.45, 2.75) is 6.54 Å². The number of rotatable bonds is 3. The predicted octanol–water partition coefficient (Wildman–Crippen LogP) is 0.823. The number of aromatic nitrogens is 2. The largest absolute Gasteiger partial charge is 0.488 e. The molecule has 0 spiro atoms. The van der Waals surface area contributed by atoms with E-state index in [0.29, 0.717) is 12.0 Å². The second-order valence-corrected chi connectivity index (χ2v) is 5.88. The molecule has 116 valence electrons. The first-order valence-electron chi connectivity index (χ1n) is 7.89. The molecule has 2 aromatic heterocycles. The van der Waals surface area contributed by atoms with Crippen molar-refractivity contribution in [3.63, 3.8) is 0 Å². The smallest absolute Gasteiger partial charge is 0.423 e. The highest BCUT2D eigenvalue weighted by atomic mass is 16.4. The Balaban J connectivity index is 1.82. The quantitative estimate of drug-likeness (QED) is 0.334. The van der Waals surface area contributed by atoms with Crippen molar-refractivity contribution < 1.29 is 19.6 Å². The summed E-state index contributed by atoms with van der Waals surface area (Å²) in [6.07, 6.45) is 3.97. The molecule has 0 unspecified atom stereocenters. The van der Waals surface area contributed by atoms with Crippen molar-refractivity contribution in [3.8, 4) is 0 Å². The van der Waals surface area contributed by atoms with Crippen molar-refractivity contribution in [1.29, 1.82) is 0 Å². The van der Waals surface area contributed by atoms with Crippen LogP contribution in [0.1, 0.15) is 5.56 Å². The molecule has 0 saturated heterocycles. The molecule has 0 aliphatic carbocycles. The van der Waals surface area contributed by atoms with Crippen LogP contribution in [0.25, 0.3) is 21.8 Å². The summed E-state index contributed by atoms with van der Waals surface area (Å²) in [5, 5.41) is 21.1. The summed E-state index contributed by atoms with van der Waals surface area (Å²) < 4.78 is 2.17. The zero-order valence-corrected chi connectivity index (χ0v) is 13.1. The van der Waals surface area contributed by atoms with Gasteiger partial charge in [-0.25, -0.2) is 4.98 Å². The first kappa shape index (κ1) is 14.8. The second kappa shape index (κ2) is 6.04. The number of benzene rings is 2. The minimum Gasteiger partial charge on any atom is -0.423 e. The molecule has 0 aliphatic heterocycles. The molecule has 0 saturated carbocycles. The maximum Gasteiger partial charge on any atom is 0.488 e. The SMILES string of the molecule is OB(O)c1cccc(C[n+]2cccc3c4ccc[nH+]c4ccc32)c1. The lowest BCUT2D eigenvalue weighted by molar-refractivity contribution is -0.662. The van der Waals surface area contributed by atoms with Crippen molar-refractivity contribution in [2.75, 3.05) is 0 Å². The van der Waals surface area contributed by atoms with E-state index in [1.165, 1.54) is 10.8 Å². The summed E-state index contributed by atoms with van der Waals surface area (Å²) in [6, 6.07) is 19.9. The number of aromatic amines is 1. The van der Waals surface area contributed by atoms with Crippen LogP contribution in [0.15, 0.2) is 73.1 Å². The van der Waals surface area contributed by atoms with E-state index in [9.17, 15) is 10.0 Å². The van der Waals surface area contributed by atoms with Gasteiger partial charge in [-0.2, -0.15) is 4.57 Å². The number of fused-ring (bicyclic) bond motifs is 3. The Hall–Kier alpha value is -2.76. The van der Waals surface area contributed by atoms with Crippen LogP contribution >= 0.6 is 0 Å². The fraction of sp³-hybridized carbons (Fsp3) is 0.0526. The number of nitrogens with one attached hydrogen (secondary N) is 1. The van der Waals surface area contributed by atoms with Gasteiger partial charge >= 0.3 is 7.12 Å². The van der Waals surface area contributed by atoms with Crippen LogP contribution in [0.3, 0.4) is 0 Å². The van der Waals surface area contributed by atoms with Gasteiger partial charge in [-0.05, 0) is 17.6 Å². The monoisotopic (exact) mass is 316 g/mol. The van der Waals surface area contributed by atoms with Gasteiger partial charge in [0.2, 0.25) is 11.0 Å². The van der Waals surface area contributed by atoms with Crippen LogP contribution in [0.4, 0.5) is 0 Å². The van der Waals surface area contributed by atoms with E-state index in [1.807, 2.05) is 42.7 Å². The zero-order chi connectivity index (χ0) is 16.5. The standard InChI is InChI=1S/C19H16BN2O2/c23-20(24)15-5-1-4-14(12-15)13-22-11-3-7-17-16-6-2-10-21-18(16)8-9-19(17)22/h1-12,23-24H,13H2/q+1/p+1. The van der Waals surface area contributed by atoms with E-state index in [1.54, 1.807) is 6.07 Å². The van der Waals surface area contributed by atoms with Crippen LogP contribution in [0.5, 0.6) is 0 Å². The lowest BCUT2D eigenvalue weighted by Crippen LogP contribution is -2.36. The Morgan fingerprint density at radius 1 is 0.917 bits per heavy atom. The summed E-state index contributed by atoms with van der Waals surface area (Å²) in [7, 11) is -1.44. The molecule has 4 aromatic rings. The molecule has 0 fully saturated rings. The molecule has 0 aliphatic rings. The van der Waals surface area contributed by atoms with Gasteiger partial charge in [0.05, 0.1) is 10.8 Å². The van der Waals surface area contributed by atoms with Gasteiger partial charge in [0.1, 0.15) is 0 Å². The Morgan fingerprint density at radius 3 is 2.67 bits per heavy atom. The van der Waals surface area contributed by atoms with E-state index >= 15 is 0 Å². The molecule has 0 bridgehead atoms. The van der Waals surface area contributed by atoms with Gasteiger partial charge in [-0.15, -0.1) is 0 Å². The predicted molar refractivity (Wildman–Crippen MR) is 93.6 cm³/mol. The van der Waals surface area contributed by atoms with Crippen LogP contribution in [0.2, 0.25) is 0 Å². The third kappa shape index (κ3) is 2.64. The molecule has 0 radical (unpaired) electrons. The third-order valence-corrected chi connectivity index (χ3v) is 4.30. The number of hydrogen-bond donors (Lipinski definition) is 2.